The Hall–Kier alpha value is -1.53. The highest BCUT2D eigenvalue weighted by Crippen LogP contribution is 2.04. The van der Waals surface area contributed by atoms with Crippen LogP contribution in [0.5, 0.6) is 0 Å². The summed E-state index contributed by atoms with van der Waals surface area (Å²) in [6.07, 6.45) is -0.312. The summed E-state index contributed by atoms with van der Waals surface area (Å²) in [5.74, 6) is 0. The van der Waals surface area contributed by atoms with E-state index in [1.165, 1.54) is 0 Å². The maximum absolute atomic E-state index is 9.83. The molecule has 0 aliphatic carbocycles. The van der Waals surface area contributed by atoms with Crippen molar-refractivity contribution in [1.82, 2.24) is 0 Å². The Morgan fingerprint density at radius 2 is 1.60 bits per heavy atom. The van der Waals surface area contributed by atoms with E-state index in [0.29, 0.717) is 6.92 Å². The largest absolute Gasteiger partial charge is 0.510 e. The summed E-state index contributed by atoms with van der Waals surface area (Å²) in [5, 5.41) is 19.7. The van der Waals surface area contributed by atoms with E-state index in [-0.39, 0.29) is 6.29 Å². The zero-order valence-corrected chi connectivity index (χ0v) is 5.01. The van der Waals surface area contributed by atoms with Crippen LogP contribution in [0.2, 0.25) is 0 Å². The van der Waals surface area contributed by atoms with Crippen LogP contribution < -0.4 is 0 Å². The number of rotatable bonds is 3. The first-order chi connectivity index (χ1) is 4.45. The third-order valence-corrected chi connectivity index (χ3v) is 0.963. The SMILES string of the molecule is CC(C=O)([N+](=O)[O-])[N+](=O)[O-]. The Bertz CT molecular complexity index is 173. The summed E-state index contributed by atoms with van der Waals surface area (Å²) in [6.45, 7) is 0.625. The first kappa shape index (κ1) is 8.47. The van der Waals surface area contributed by atoms with Crippen molar-refractivity contribution in [2.75, 3.05) is 0 Å². The number of nitrogens with zero attached hydrogens (tertiary/aromatic N) is 2. The minimum Gasteiger partial charge on any atom is -0.287 e. The number of hydrogen-bond donors (Lipinski definition) is 0. The molecule has 0 heterocycles. The number of carbonyl (C=O) groups is 1. The van der Waals surface area contributed by atoms with Crippen LogP contribution >= 0.6 is 0 Å². The second-order valence-electron chi connectivity index (χ2n) is 1.73. The van der Waals surface area contributed by atoms with Crippen LogP contribution in [-0.2, 0) is 4.79 Å². The Balaban J connectivity index is 4.72. The van der Waals surface area contributed by atoms with Gasteiger partial charge < -0.3 is 0 Å². The van der Waals surface area contributed by atoms with Gasteiger partial charge in [0.1, 0.15) is 9.85 Å². The molecular weight excluding hydrogens is 144 g/mol. The van der Waals surface area contributed by atoms with E-state index < -0.39 is 15.5 Å². The lowest BCUT2D eigenvalue weighted by molar-refractivity contribution is -0.768. The smallest absolute Gasteiger partial charge is 0.287 e. The summed E-state index contributed by atoms with van der Waals surface area (Å²) < 4.78 is 0. The molecule has 0 saturated carbocycles. The van der Waals surface area contributed by atoms with Crippen LogP contribution in [0.1, 0.15) is 6.92 Å². The molecule has 7 nitrogen and oxygen atoms in total. The van der Waals surface area contributed by atoms with E-state index in [2.05, 4.69) is 0 Å². The molecule has 0 amide bonds. The van der Waals surface area contributed by atoms with Crippen molar-refractivity contribution >= 4 is 6.29 Å². The van der Waals surface area contributed by atoms with Crippen LogP contribution in [0.3, 0.4) is 0 Å². The summed E-state index contributed by atoms with van der Waals surface area (Å²) >= 11 is 0. The molecule has 0 atom stereocenters. The highest BCUT2D eigenvalue weighted by Gasteiger charge is 2.50. The predicted molar refractivity (Wildman–Crippen MR) is 28.5 cm³/mol. The van der Waals surface area contributed by atoms with Gasteiger partial charge in [-0.25, -0.2) is 0 Å². The highest BCUT2D eigenvalue weighted by atomic mass is 16.7. The molecule has 0 aromatic rings. The standard InChI is InChI=1S/C3H4N2O5/c1-3(2-6,4(7)8)5(9)10/h2H,1H3. The fourth-order valence-corrected chi connectivity index (χ4v) is 0.153. The zero-order chi connectivity index (χ0) is 8.36. The lowest BCUT2D eigenvalue weighted by atomic mass is 10.3. The van der Waals surface area contributed by atoms with Gasteiger partial charge in [-0.05, 0) is 0 Å². The van der Waals surface area contributed by atoms with Gasteiger partial charge in [0.2, 0.25) is 0 Å². The fraction of sp³-hybridized carbons (Fsp3) is 0.667. The quantitative estimate of drug-likeness (QED) is 0.231. The maximum atomic E-state index is 9.83. The molecule has 7 heteroatoms. The third kappa shape index (κ3) is 1.07. The molecule has 0 aromatic carbocycles. The van der Waals surface area contributed by atoms with Crippen LogP contribution in [0.25, 0.3) is 0 Å². The molecule has 0 unspecified atom stereocenters. The van der Waals surface area contributed by atoms with Crippen molar-refractivity contribution in [3.05, 3.63) is 20.2 Å². The molecule has 0 bridgehead atoms. The monoisotopic (exact) mass is 148 g/mol. The highest BCUT2D eigenvalue weighted by molar-refractivity contribution is 5.58. The van der Waals surface area contributed by atoms with Crippen LogP contribution in [0, 0.1) is 20.2 Å². The minimum absolute atomic E-state index is 0.312. The molecule has 0 fully saturated rings. The zero-order valence-electron chi connectivity index (χ0n) is 5.01. The van der Waals surface area contributed by atoms with Gasteiger partial charge in [-0.3, -0.25) is 25.0 Å². The third-order valence-electron chi connectivity index (χ3n) is 0.963. The first-order valence-corrected chi connectivity index (χ1v) is 2.20. The van der Waals surface area contributed by atoms with E-state index in [4.69, 9.17) is 0 Å². The lowest BCUT2D eigenvalue weighted by Crippen LogP contribution is -2.44. The predicted octanol–water partition coefficient (Wildman–Crippen LogP) is -0.545. The van der Waals surface area contributed by atoms with Crippen molar-refractivity contribution in [2.45, 2.75) is 12.6 Å². The Morgan fingerprint density at radius 3 is 1.60 bits per heavy atom. The molecule has 0 rings (SSSR count). The molecule has 0 spiro atoms. The molecule has 0 radical (unpaired) electrons. The van der Waals surface area contributed by atoms with Gasteiger partial charge in [0.25, 0.3) is 6.29 Å². The van der Waals surface area contributed by atoms with Crippen molar-refractivity contribution in [3.63, 3.8) is 0 Å². The van der Waals surface area contributed by atoms with E-state index in [1.54, 1.807) is 0 Å². The number of nitro groups is 2. The molecular formula is C3H4N2O5. The molecule has 56 valence electrons. The Morgan fingerprint density at radius 1 is 1.30 bits per heavy atom. The molecule has 0 N–H and O–H groups in total. The first-order valence-electron chi connectivity index (χ1n) is 2.20. The summed E-state index contributed by atoms with van der Waals surface area (Å²) in [7, 11) is 0. The van der Waals surface area contributed by atoms with Gasteiger partial charge in [0.15, 0.2) is 0 Å². The van der Waals surface area contributed by atoms with Gasteiger partial charge in [-0.2, -0.15) is 0 Å². The van der Waals surface area contributed by atoms with Crippen molar-refractivity contribution in [1.29, 1.82) is 0 Å². The molecule has 0 aromatic heterocycles. The van der Waals surface area contributed by atoms with Gasteiger partial charge in [-0.15, -0.1) is 0 Å². The van der Waals surface area contributed by atoms with Gasteiger partial charge in [0, 0.05) is 0 Å². The maximum Gasteiger partial charge on any atom is 0.510 e. The fourth-order valence-electron chi connectivity index (χ4n) is 0.153. The second-order valence-corrected chi connectivity index (χ2v) is 1.73. The van der Waals surface area contributed by atoms with Gasteiger partial charge in [0.05, 0.1) is 6.92 Å². The van der Waals surface area contributed by atoms with Crippen molar-refractivity contribution in [2.24, 2.45) is 0 Å². The van der Waals surface area contributed by atoms with Crippen molar-refractivity contribution in [3.8, 4) is 0 Å². The average molecular weight is 148 g/mol. The van der Waals surface area contributed by atoms with E-state index in [1.807, 2.05) is 0 Å². The second kappa shape index (κ2) is 2.38. The van der Waals surface area contributed by atoms with E-state index >= 15 is 0 Å². The van der Waals surface area contributed by atoms with Gasteiger partial charge in [-0.1, -0.05) is 0 Å². The molecule has 0 aliphatic heterocycles. The molecule has 10 heavy (non-hydrogen) atoms. The summed E-state index contributed by atoms with van der Waals surface area (Å²) in [5.41, 5.74) is -2.69. The number of hydrogen-bond acceptors (Lipinski definition) is 5. The summed E-state index contributed by atoms with van der Waals surface area (Å²) in [6, 6.07) is 0. The van der Waals surface area contributed by atoms with Crippen LogP contribution in [-0.4, -0.2) is 21.8 Å². The average Bonchev–Trinajstić information content (AvgIpc) is 1.85. The number of carbonyl (C=O) groups excluding carboxylic acids is 1. The Kier molecular flexibility index (Phi) is 2.01. The van der Waals surface area contributed by atoms with E-state index in [9.17, 15) is 25.0 Å². The number of aldehydes is 1. The molecule has 0 saturated heterocycles. The van der Waals surface area contributed by atoms with E-state index in [0.717, 1.165) is 0 Å². The summed E-state index contributed by atoms with van der Waals surface area (Å²) in [4.78, 5) is 27.0. The van der Waals surface area contributed by atoms with Gasteiger partial charge >= 0.3 is 5.66 Å². The topological polar surface area (TPSA) is 103 Å². The van der Waals surface area contributed by atoms with Crippen LogP contribution in [0.4, 0.5) is 0 Å². The lowest BCUT2D eigenvalue weighted by Gasteiger charge is -2.02. The van der Waals surface area contributed by atoms with Crippen molar-refractivity contribution < 1.29 is 14.6 Å². The normalized spacial score (nSPS) is 10.5. The molecule has 0 aliphatic rings. The minimum atomic E-state index is -2.69. The Labute approximate surface area is 54.9 Å². The van der Waals surface area contributed by atoms with Crippen LogP contribution in [0.15, 0.2) is 0 Å².